The van der Waals surface area contributed by atoms with Gasteiger partial charge in [-0.3, -0.25) is 10.1 Å². The molecule has 2 aromatic carbocycles. The fourth-order valence-corrected chi connectivity index (χ4v) is 6.88. The minimum absolute atomic E-state index is 0.0643. The largest absolute Gasteiger partial charge is 0.379 e. The van der Waals surface area contributed by atoms with Gasteiger partial charge in [-0.05, 0) is 37.1 Å². The summed E-state index contributed by atoms with van der Waals surface area (Å²) in [6.45, 7) is 1.76. The van der Waals surface area contributed by atoms with E-state index in [9.17, 15) is 18.5 Å². The van der Waals surface area contributed by atoms with E-state index >= 15 is 0 Å². The Labute approximate surface area is 189 Å². The molecular weight excluding hydrogens is 452 g/mol. The Hall–Kier alpha value is -2.60. The lowest BCUT2D eigenvalue weighted by Crippen LogP contribution is -2.40. The van der Waals surface area contributed by atoms with Crippen molar-refractivity contribution in [2.24, 2.45) is 0 Å². The summed E-state index contributed by atoms with van der Waals surface area (Å²) in [5.74, 6) is 0. The average Bonchev–Trinajstić information content (AvgIpc) is 3.46. The number of morpholine rings is 1. The van der Waals surface area contributed by atoms with Gasteiger partial charge in [0.25, 0.3) is 5.69 Å². The van der Waals surface area contributed by atoms with Gasteiger partial charge in [0, 0.05) is 25.7 Å². The zero-order valence-corrected chi connectivity index (χ0v) is 18.8. The first-order valence-corrected chi connectivity index (χ1v) is 12.7. The highest BCUT2D eigenvalue weighted by atomic mass is 32.2. The summed E-state index contributed by atoms with van der Waals surface area (Å²) in [7, 11) is -3.82. The number of nitro groups is 1. The molecule has 0 amide bonds. The van der Waals surface area contributed by atoms with E-state index in [4.69, 9.17) is 9.72 Å². The van der Waals surface area contributed by atoms with Gasteiger partial charge in [0.1, 0.15) is 10.7 Å². The first-order chi connectivity index (χ1) is 15.4. The van der Waals surface area contributed by atoms with Crippen molar-refractivity contribution < 1.29 is 18.1 Å². The van der Waals surface area contributed by atoms with E-state index in [-0.39, 0.29) is 29.7 Å². The summed E-state index contributed by atoms with van der Waals surface area (Å²) < 4.78 is 33.6. The monoisotopic (exact) mass is 474 g/mol. The molecule has 0 spiro atoms. The van der Waals surface area contributed by atoms with Crippen LogP contribution in [-0.2, 0) is 14.8 Å². The van der Waals surface area contributed by atoms with Crippen molar-refractivity contribution in [3.63, 3.8) is 0 Å². The Morgan fingerprint density at radius 1 is 1.12 bits per heavy atom. The van der Waals surface area contributed by atoms with Crippen LogP contribution in [0.25, 0.3) is 10.2 Å². The summed E-state index contributed by atoms with van der Waals surface area (Å²) in [5.41, 5.74) is 1.14. The first-order valence-electron chi connectivity index (χ1n) is 10.4. The van der Waals surface area contributed by atoms with E-state index in [2.05, 4.69) is 0 Å². The van der Waals surface area contributed by atoms with Crippen LogP contribution in [0.2, 0.25) is 0 Å². The topological polar surface area (TPSA) is 106 Å². The van der Waals surface area contributed by atoms with Crippen LogP contribution in [0.1, 0.15) is 23.9 Å². The van der Waals surface area contributed by atoms with E-state index in [0.717, 1.165) is 28.1 Å². The molecule has 3 heterocycles. The van der Waals surface area contributed by atoms with Gasteiger partial charge in [0.05, 0.1) is 39.3 Å². The molecule has 0 radical (unpaired) electrons. The third kappa shape index (κ3) is 3.75. The second kappa shape index (κ2) is 8.39. The lowest BCUT2D eigenvalue weighted by atomic mass is 10.2. The van der Waals surface area contributed by atoms with Crippen LogP contribution in [0.4, 0.5) is 11.4 Å². The Balaban J connectivity index is 1.51. The standard InChI is InChI=1S/C21H22N4O5S2/c26-25(27)19-14-15(32(28,29)23-10-12-30-13-11-23)7-8-17(19)24-9-3-5-18(24)21-22-16-4-1-2-6-20(16)31-21/h1-2,4,6-8,14,18H,3,5,9-13H2/t18-/m1/s1. The molecule has 0 unspecified atom stereocenters. The Bertz CT molecular complexity index is 1240. The van der Waals surface area contributed by atoms with E-state index in [0.29, 0.717) is 25.4 Å². The molecule has 2 aliphatic rings. The number of thiazole rings is 1. The van der Waals surface area contributed by atoms with Crippen molar-refractivity contribution in [3.8, 4) is 0 Å². The van der Waals surface area contributed by atoms with E-state index in [1.165, 1.54) is 16.4 Å². The number of para-hydroxylation sites is 1. The summed E-state index contributed by atoms with van der Waals surface area (Å²) in [6, 6.07) is 12.0. The average molecular weight is 475 g/mol. The van der Waals surface area contributed by atoms with Gasteiger partial charge in [0.2, 0.25) is 10.0 Å². The molecule has 0 saturated carbocycles. The molecule has 2 fully saturated rings. The Morgan fingerprint density at radius 3 is 2.66 bits per heavy atom. The van der Waals surface area contributed by atoms with Crippen LogP contribution < -0.4 is 4.90 Å². The molecule has 0 bridgehead atoms. The van der Waals surface area contributed by atoms with E-state index < -0.39 is 14.9 Å². The van der Waals surface area contributed by atoms with E-state index in [1.807, 2.05) is 29.2 Å². The number of benzene rings is 2. The molecule has 5 rings (SSSR count). The van der Waals surface area contributed by atoms with Crippen LogP contribution in [-0.4, -0.2) is 55.5 Å². The second-order valence-corrected chi connectivity index (χ2v) is 10.8. The molecule has 11 heteroatoms. The SMILES string of the molecule is O=[N+]([O-])c1cc(S(=O)(=O)N2CCOCC2)ccc1N1CCC[C@@H]1c1nc2ccccc2s1. The summed E-state index contributed by atoms with van der Waals surface area (Å²) in [4.78, 5) is 18.1. The number of anilines is 1. The first kappa shape index (κ1) is 21.3. The summed E-state index contributed by atoms with van der Waals surface area (Å²) >= 11 is 1.60. The number of sulfonamides is 1. The molecular formula is C21H22N4O5S2. The van der Waals surface area contributed by atoms with Crippen LogP contribution in [0, 0.1) is 10.1 Å². The van der Waals surface area contributed by atoms with Gasteiger partial charge >= 0.3 is 0 Å². The number of fused-ring (bicyclic) bond motifs is 1. The number of nitrogens with zero attached hydrogens (tertiary/aromatic N) is 4. The maximum Gasteiger partial charge on any atom is 0.293 e. The van der Waals surface area contributed by atoms with Crippen molar-refractivity contribution >= 4 is 43.0 Å². The highest BCUT2D eigenvalue weighted by Gasteiger charge is 2.35. The molecule has 168 valence electrons. The van der Waals surface area contributed by atoms with Crippen molar-refractivity contribution in [3.05, 3.63) is 57.6 Å². The summed E-state index contributed by atoms with van der Waals surface area (Å²) in [5, 5.41) is 12.9. The van der Waals surface area contributed by atoms with Gasteiger partial charge in [-0.1, -0.05) is 12.1 Å². The highest BCUT2D eigenvalue weighted by molar-refractivity contribution is 7.89. The normalized spacial score (nSPS) is 20.1. The van der Waals surface area contributed by atoms with Crippen LogP contribution in [0.15, 0.2) is 47.4 Å². The smallest absolute Gasteiger partial charge is 0.293 e. The van der Waals surface area contributed by atoms with Crippen molar-refractivity contribution in [2.45, 2.75) is 23.8 Å². The van der Waals surface area contributed by atoms with Gasteiger partial charge in [-0.2, -0.15) is 4.31 Å². The fraction of sp³-hybridized carbons (Fsp3) is 0.381. The predicted molar refractivity (Wildman–Crippen MR) is 122 cm³/mol. The number of hydrogen-bond donors (Lipinski definition) is 0. The minimum atomic E-state index is -3.82. The van der Waals surface area contributed by atoms with Crippen LogP contribution in [0.5, 0.6) is 0 Å². The summed E-state index contributed by atoms with van der Waals surface area (Å²) in [6.07, 6.45) is 1.72. The zero-order chi connectivity index (χ0) is 22.3. The number of aromatic nitrogens is 1. The third-order valence-electron chi connectivity index (χ3n) is 5.91. The lowest BCUT2D eigenvalue weighted by Gasteiger charge is -2.27. The molecule has 1 atom stereocenters. The lowest BCUT2D eigenvalue weighted by molar-refractivity contribution is -0.384. The highest BCUT2D eigenvalue weighted by Crippen LogP contribution is 2.43. The van der Waals surface area contributed by atoms with Gasteiger partial charge < -0.3 is 9.64 Å². The quantitative estimate of drug-likeness (QED) is 0.411. The maximum atomic E-state index is 13.0. The van der Waals surface area contributed by atoms with Crippen molar-refractivity contribution in [1.82, 2.24) is 9.29 Å². The van der Waals surface area contributed by atoms with Gasteiger partial charge in [-0.15, -0.1) is 11.3 Å². The Kier molecular flexibility index (Phi) is 5.58. The van der Waals surface area contributed by atoms with Crippen molar-refractivity contribution in [2.75, 3.05) is 37.7 Å². The number of ether oxygens (including phenoxy) is 1. The molecule has 9 nitrogen and oxygen atoms in total. The molecule has 2 saturated heterocycles. The van der Waals surface area contributed by atoms with E-state index in [1.54, 1.807) is 17.4 Å². The molecule has 1 aromatic heterocycles. The molecule has 3 aromatic rings. The minimum Gasteiger partial charge on any atom is -0.379 e. The second-order valence-electron chi connectivity index (χ2n) is 7.80. The van der Waals surface area contributed by atoms with Gasteiger partial charge in [0.15, 0.2) is 0 Å². The third-order valence-corrected chi connectivity index (χ3v) is 8.94. The molecule has 2 aliphatic heterocycles. The number of nitro benzene ring substituents is 1. The van der Waals surface area contributed by atoms with Crippen molar-refractivity contribution in [1.29, 1.82) is 0 Å². The number of rotatable bonds is 5. The Morgan fingerprint density at radius 2 is 1.91 bits per heavy atom. The molecule has 0 N–H and O–H groups in total. The fourth-order valence-electron chi connectivity index (χ4n) is 4.33. The zero-order valence-electron chi connectivity index (χ0n) is 17.2. The van der Waals surface area contributed by atoms with Crippen LogP contribution in [0.3, 0.4) is 0 Å². The predicted octanol–water partition coefficient (Wildman–Crippen LogP) is 3.57. The molecule has 0 aliphatic carbocycles. The maximum absolute atomic E-state index is 13.0. The molecule has 32 heavy (non-hydrogen) atoms. The number of hydrogen-bond acceptors (Lipinski definition) is 8. The van der Waals surface area contributed by atoms with Crippen LogP contribution >= 0.6 is 11.3 Å². The van der Waals surface area contributed by atoms with Gasteiger partial charge in [-0.25, -0.2) is 13.4 Å².